The molecule has 0 radical (unpaired) electrons. The highest BCUT2D eigenvalue weighted by Crippen LogP contribution is 2.49. The number of rotatable bonds is 8. The minimum atomic E-state index is -3.67. The van der Waals surface area contributed by atoms with Gasteiger partial charge in [0.2, 0.25) is 0 Å². The van der Waals surface area contributed by atoms with Crippen molar-refractivity contribution in [1.29, 1.82) is 0 Å². The second-order valence-corrected chi connectivity index (χ2v) is 6.18. The van der Waals surface area contributed by atoms with E-state index >= 15 is 0 Å². The van der Waals surface area contributed by atoms with E-state index in [0.717, 1.165) is 11.1 Å². The molecule has 0 aromatic heterocycles. The summed E-state index contributed by atoms with van der Waals surface area (Å²) in [5.41, 5.74) is 1.99. The van der Waals surface area contributed by atoms with Crippen LogP contribution in [0.3, 0.4) is 0 Å². The van der Waals surface area contributed by atoms with Crippen molar-refractivity contribution in [2.24, 2.45) is 0 Å². The Bertz CT molecular complexity index is 463. The topological polar surface area (TPSA) is 54.0 Å². The molecule has 1 aromatic carbocycles. The van der Waals surface area contributed by atoms with Gasteiger partial charge in [0, 0.05) is 0 Å². The predicted molar refractivity (Wildman–Crippen MR) is 77.8 cm³/mol. The summed E-state index contributed by atoms with van der Waals surface area (Å²) in [4.78, 5) is 5.18. The highest BCUT2D eigenvalue weighted by molar-refractivity contribution is 7.48. The fourth-order valence-electron chi connectivity index (χ4n) is 1.55. The average Bonchev–Trinajstić information content (AvgIpc) is 2.38. The Balaban J connectivity index is 2.82. The molecule has 0 saturated carbocycles. The zero-order valence-corrected chi connectivity index (χ0v) is 13.6. The lowest BCUT2D eigenvalue weighted by Gasteiger charge is -2.16. The molecular weight excluding hydrogens is 279 g/mol. The van der Waals surface area contributed by atoms with E-state index in [2.05, 4.69) is 13.8 Å². The molecule has 0 aliphatic rings. The van der Waals surface area contributed by atoms with Gasteiger partial charge in [0.05, 0.1) is 13.2 Å². The maximum absolute atomic E-state index is 12.1. The molecule has 0 fully saturated rings. The smallest absolute Gasteiger partial charge is 0.327 e. The number of hydrogen-bond acceptors (Lipinski definition) is 5. The van der Waals surface area contributed by atoms with Crippen molar-refractivity contribution in [3.63, 3.8) is 0 Å². The number of phosphoric acid groups is 1. The van der Waals surface area contributed by atoms with Crippen molar-refractivity contribution in [2.45, 2.75) is 40.5 Å². The van der Waals surface area contributed by atoms with Gasteiger partial charge in [-0.1, -0.05) is 30.7 Å². The van der Waals surface area contributed by atoms with Crippen LogP contribution >= 0.6 is 7.82 Å². The van der Waals surface area contributed by atoms with E-state index in [1.54, 1.807) is 13.8 Å². The summed E-state index contributed by atoms with van der Waals surface area (Å²) in [6, 6.07) is 5.82. The minimum absolute atomic E-state index is 0.214. The van der Waals surface area contributed by atoms with Crippen molar-refractivity contribution in [3.8, 4) is 5.75 Å². The van der Waals surface area contributed by atoms with Crippen molar-refractivity contribution in [1.82, 2.24) is 0 Å². The van der Waals surface area contributed by atoms with Crippen LogP contribution in [0.4, 0.5) is 0 Å². The quantitative estimate of drug-likeness (QED) is 0.399. The molecular formula is C14H23O5P. The van der Waals surface area contributed by atoms with Gasteiger partial charge in [0.1, 0.15) is 0 Å². The molecule has 0 saturated heterocycles. The SMILES string of the molecule is CCOP(=O)(OCC)OOc1cc(C(C)C)ccc1C. The molecule has 1 aromatic rings. The summed E-state index contributed by atoms with van der Waals surface area (Å²) in [5.74, 6) is 0.874. The second kappa shape index (κ2) is 7.79. The number of phosphoric ester groups is 1. The fraction of sp³-hybridized carbons (Fsp3) is 0.571. The Labute approximate surface area is 120 Å². The van der Waals surface area contributed by atoms with Gasteiger partial charge in [-0.15, -0.1) is 0 Å². The third kappa shape index (κ3) is 4.91. The number of benzene rings is 1. The van der Waals surface area contributed by atoms with E-state index < -0.39 is 7.82 Å². The van der Waals surface area contributed by atoms with Crippen LogP contribution in [-0.2, 0) is 18.3 Å². The standard InChI is InChI=1S/C14H23O5P/c1-6-16-20(15,17-7-2)19-18-14-10-13(11(3)4)9-8-12(14)5/h8-11H,6-7H2,1-5H3. The molecule has 0 N–H and O–H groups in total. The number of hydrogen-bond donors (Lipinski definition) is 0. The van der Waals surface area contributed by atoms with Crippen LogP contribution in [0.25, 0.3) is 0 Å². The van der Waals surface area contributed by atoms with Gasteiger partial charge in [0.25, 0.3) is 0 Å². The van der Waals surface area contributed by atoms with Crippen LogP contribution in [0, 0.1) is 6.92 Å². The van der Waals surface area contributed by atoms with Crippen molar-refractivity contribution >= 4 is 7.82 Å². The Morgan fingerprint density at radius 1 is 1.15 bits per heavy atom. The van der Waals surface area contributed by atoms with Crippen LogP contribution in [0.15, 0.2) is 18.2 Å². The van der Waals surface area contributed by atoms with Crippen LogP contribution in [0.2, 0.25) is 0 Å². The molecule has 0 aliphatic carbocycles. The van der Waals surface area contributed by atoms with Crippen molar-refractivity contribution in [2.75, 3.05) is 13.2 Å². The molecule has 6 heteroatoms. The molecule has 0 atom stereocenters. The summed E-state index contributed by atoms with van der Waals surface area (Å²) >= 11 is 0. The molecule has 20 heavy (non-hydrogen) atoms. The molecule has 5 nitrogen and oxygen atoms in total. The molecule has 0 aliphatic heterocycles. The first-order valence-electron chi connectivity index (χ1n) is 6.77. The van der Waals surface area contributed by atoms with Crippen LogP contribution in [-0.4, -0.2) is 13.2 Å². The molecule has 1 rings (SSSR count). The fourth-order valence-corrected chi connectivity index (χ4v) is 2.51. The second-order valence-electron chi connectivity index (χ2n) is 4.62. The summed E-state index contributed by atoms with van der Waals surface area (Å²) in [7, 11) is -3.67. The molecule has 114 valence electrons. The third-order valence-corrected chi connectivity index (χ3v) is 4.08. The summed E-state index contributed by atoms with van der Waals surface area (Å²) < 4.78 is 27.0. The maximum atomic E-state index is 12.1. The molecule has 0 bridgehead atoms. The first kappa shape index (κ1) is 17.2. The zero-order chi connectivity index (χ0) is 15.2. The van der Waals surface area contributed by atoms with E-state index in [1.807, 2.05) is 25.1 Å². The maximum Gasteiger partial charge on any atom is 0.510 e. The predicted octanol–water partition coefficient (Wildman–Crippen LogP) is 4.61. The largest absolute Gasteiger partial charge is 0.510 e. The first-order valence-corrected chi connectivity index (χ1v) is 8.23. The van der Waals surface area contributed by atoms with E-state index in [1.165, 1.54) is 0 Å². The van der Waals surface area contributed by atoms with E-state index in [4.69, 9.17) is 18.6 Å². The molecule has 0 heterocycles. The lowest BCUT2D eigenvalue weighted by atomic mass is 10.0. The molecule has 0 amide bonds. The minimum Gasteiger partial charge on any atom is -0.327 e. The van der Waals surface area contributed by atoms with E-state index in [0.29, 0.717) is 11.7 Å². The Morgan fingerprint density at radius 3 is 2.25 bits per heavy atom. The van der Waals surface area contributed by atoms with Crippen LogP contribution in [0.5, 0.6) is 5.75 Å². The molecule has 0 spiro atoms. The van der Waals surface area contributed by atoms with Crippen LogP contribution < -0.4 is 4.89 Å². The van der Waals surface area contributed by atoms with Gasteiger partial charge < -0.3 is 4.89 Å². The lowest BCUT2D eigenvalue weighted by Crippen LogP contribution is -2.04. The van der Waals surface area contributed by atoms with E-state index in [9.17, 15) is 4.57 Å². The Morgan fingerprint density at radius 2 is 1.75 bits per heavy atom. The summed E-state index contributed by atoms with van der Waals surface area (Å²) in [6.07, 6.45) is 0. The third-order valence-electron chi connectivity index (χ3n) is 2.67. The van der Waals surface area contributed by atoms with Gasteiger partial charge in [-0.3, -0.25) is 9.05 Å². The lowest BCUT2D eigenvalue weighted by molar-refractivity contribution is -0.132. The van der Waals surface area contributed by atoms with Gasteiger partial charge in [-0.2, -0.15) is 0 Å². The van der Waals surface area contributed by atoms with Gasteiger partial charge in [-0.05, 0) is 43.9 Å². The van der Waals surface area contributed by atoms with Gasteiger partial charge >= 0.3 is 7.82 Å². The van der Waals surface area contributed by atoms with E-state index in [-0.39, 0.29) is 13.2 Å². The van der Waals surface area contributed by atoms with Crippen molar-refractivity contribution < 1.29 is 23.2 Å². The highest BCUT2D eigenvalue weighted by atomic mass is 31.2. The zero-order valence-electron chi connectivity index (χ0n) is 12.7. The molecule has 0 unspecified atom stereocenters. The normalized spacial score (nSPS) is 11.9. The first-order chi connectivity index (χ1) is 9.41. The summed E-state index contributed by atoms with van der Waals surface area (Å²) in [5, 5.41) is 0. The average molecular weight is 302 g/mol. The van der Waals surface area contributed by atoms with Gasteiger partial charge in [-0.25, -0.2) is 4.57 Å². The summed E-state index contributed by atoms with van der Waals surface area (Å²) in [6.45, 7) is 9.90. The monoisotopic (exact) mass is 302 g/mol. The Hall–Kier alpha value is -0.870. The highest BCUT2D eigenvalue weighted by Gasteiger charge is 2.28. The number of aryl methyl sites for hydroxylation is 1. The van der Waals surface area contributed by atoms with Crippen LogP contribution in [0.1, 0.15) is 44.7 Å². The van der Waals surface area contributed by atoms with Crippen molar-refractivity contribution in [3.05, 3.63) is 29.3 Å². The Kier molecular flexibility index (Phi) is 6.69. The van der Waals surface area contributed by atoms with Gasteiger partial charge in [0.15, 0.2) is 5.75 Å².